The molecule has 0 unspecified atom stereocenters. The molecule has 0 radical (unpaired) electrons. The van der Waals surface area contributed by atoms with Crippen molar-refractivity contribution in [1.82, 2.24) is 9.38 Å². The van der Waals surface area contributed by atoms with Crippen LogP contribution in [0.4, 0.5) is 0 Å². The molecule has 5 heteroatoms. The average molecular weight is 366 g/mol. The minimum absolute atomic E-state index is 0.621. The van der Waals surface area contributed by atoms with E-state index in [0.717, 1.165) is 31.1 Å². The number of hydrogen-bond acceptors (Lipinski definition) is 2. The van der Waals surface area contributed by atoms with E-state index in [4.69, 9.17) is 4.42 Å². The number of halogens is 2. The zero-order valence-corrected chi connectivity index (χ0v) is 12.2. The largest absolute Gasteiger partial charge is 0.423 e. The third-order valence-electron chi connectivity index (χ3n) is 2.95. The number of fused-ring (bicyclic) bond motifs is 5. The van der Waals surface area contributed by atoms with E-state index in [-0.39, 0.29) is 0 Å². The van der Waals surface area contributed by atoms with Crippen molar-refractivity contribution in [3.63, 3.8) is 0 Å². The van der Waals surface area contributed by atoms with Gasteiger partial charge in [0.25, 0.3) is 0 Å². The van der Waals surface area contributed by atoms with Crippen molar-refractivity contribution in [2.24, 2.45) is 0 Å². The molecule has 18 heavy (non-hydrogen) atoms. The van der Waals surface area contributed by atoms with Crippen LogP contribution in [-0.2, 0) is 0 Å². The third-order valence-corrected chi connectivity index (χ3v) is 3.94. The molecule has 0 spiro atoms. The summed E-state index contributed by atoms with van der Waals surface area (Å²) in [7, 11) is 0. The number of nitrogens with zero attached hydrogens (tertiary/aromatic N) is 2. The van der Waals surface area contributed by atoms with Gasteiger partial charge in [0.2, 0.25) is 0 Å². The lowest BCUT2D eigenvalue weighted by Gasteiger charge is -1.95. The van der Waals surface area contributed by atoms with Crippen LogP contribution in [0.5, 0.6) is 0 Å². The van der Waals surface area contributed by atoms with Gasteiger partial charge in [0.1, 0.15) is 0 Å². The van der Waals surface area contributed by atoms with Gasteiger partial charge in [-0.1, -0.05) is 31.9 Å². The molecular weight excluding hydrogens is 360 g/mol. The quantitative estimate of drug-likeness (QED) is 0.449. The molecule has 2 heterocycles. The number of benzene rings is 2. The first-order valence-electron chi connectivity index (χ1n) is 5.38. The van der Waals surface area contributed by atoms with Crippen LogP contribution in [0, 0.1) is 0 Å². The van der Waals surface area contributed by atoms with Crippen LogP contribution in [-0.4, -0.2) is 9.38 Å². The lowest BCUT2D eigenvalue weighted by atomic mass is 10.3. The summed E-state index contributed by atoms with van der Waals surface area (Å²) in [5.74, 6) is 0.621. The topological polar surface area (TPSA) is 30.4 Å². The van der Waals surface area contributed by atoms with Gasteiger partial charge in [0.05, 0.1) is 16.6 Å². The highest BCUT2D eigenvalue weighted by Gasteiger charge is 2.12. The molecule has 0 aliphatic carbocycles. The molecule has 0 saturated heterocycles. The zero-order chi connectivity index (χ0) is 12.3. The molecule has 0 amide bonds. The monoisotopic (exact) mass is 364 g/mol. The Morgan fingerprint density at radius 2 is 1.67 bits per heavy atom. The number of imidazole rings is 1. The number of rotatable bonds is 0. The third kappa shape index (κ3) is 1.37. The minimum atomic E-state index is 0.621. The molecule has 4 aromatic rings. The maximum Gasteiger partial charge on any atom is 0.307 e. The molecule has 88 valence electrons. The Morgan fingerprint density at radius 1 is 0.944 bits per heavy atom. The maximum absolute atomic E-state index is 5.75. The van der Waals surface area contributed by atoms with Gasteiger partial charge in [-0.25, -0.2) is 0 Å². The highest BCUT2D eigenvalue weighted by atomic mass is 79.9. The van der Waals surface area contributed by atoms with E-state index in [1.165, 1.54) is 0 Å². The lowest BCUT2D eigenvalue weighted by molar-refractivity contribution is 0.643. The van der Waals surface area contributed by atoms with Crippen molar-refractivity contribution in [2.75, 3.05) is 0 Å². The van der Waals surface area contributed by atoms with Gasteiger partial charge in [-0.3, -0.25) is 4.40 Å². The Bertz CT molecular complexity index is 836. The van der Waals surface area contributed by atoms with Crippen molar-refractivity contribution in [3.8, 4) is 0 Å². The fourth-order valence-electron chi connectivity index (χ4n) is 2.18. The molecule has 4 rings (SSSR count). The highest BCUT2D eigenvalue weighted by molar-refractivity contribution is 9.10. The first-order chi connectivity index (χ1) is 8.72. The summed E-state index contributed by atoms with van der Waals surface area (Å²) < 4.78 is 9.83. The Balaban J connectivity index is 2.30. The van der Waals surface area contributed by atoms with Crippen LogP contribution in [0.25, 0.3) is 28.0 Å². The van der Waals surface area contributed by atoms with Crippen molar-refractivity contribution in [1.29, 1.82) is 0 Å². The first kappa shape index (κ1) is 10.6. The Labute approximate surface area is 119 Å². The first-order valence-corrected chi connectivity index (χ1v) is 6.97. The lowest BCUT2D eigenvalue weighted by Crippen LogP contribution is -1.80. The average Bonchev–Trinajstić information content (AvgIpc) is 2.85. The summed E-state index contributed by atoms with van der Waals surface area (Å²) in [5, 5.41) is 0. The van der Waals surface area contributed by atoms with E-state index in [2.05, 4.69) is 36.8 Å². The van der Waals surface area contributed by atoms with Crippen LogP contribution >= 0.6 is 31.9 Å². The molecule has 2 aromatic carbocycles. The van der Waals surface area contributed by atoms with Crippen molar-refractivity contribution < 1.29 is 4.42 Å². The number of aromatic nitrogens is 2. The SMILES string of the molecule is Brc1ccc2nc3oc4ccc(Br)cc4n3c2c1. The Hall–Kier alpha value is -1.33. The summed E-state index contributed by atoms with van der Waals surface area (Å²) in [4.78, 5) is 4.48. The smallest absolute Gasteiger partial charge is 0.307 e. The highest BCUT2D eigenvalue weighted by Crippen LogP contribution is 2.29. The van der Waals surface area contributed by atoms with E-state index in [0.29, 0.717) is 5.84 Å². The normalized spacial score (nSPS) is 11.9. The zero-order valence-electron chi connectivity index (χ0n) is 9.02. The van der Waals surface area contributed by atoms with Gasteiger partial charge in [-0.05, 0) is 36.4 Å². The van der Waals surface area contributed by atoms with E-state index in [1.807, 2.05) is 40.8 Å². The molecule has 0 aliphatic rings. The Morgan fingerprint density at radius 3 is 2.50 bits per heavy atom. The van der Waals surface area contributed by atoms with E-state index >= 15 is 0 Å². The molecule has 3 nitrogen and oxygen atoms in total. The van der Waals surface area contributed by atoms with Crippen LogP contribution in [0.2, 0.25) is 0 Å². The van der Waals surface area contributed by atoms with Gasteiger partial charge >= 0.3 is 5.84 Å². The predicted molar refractivity (Wildman–Crippen MR) is 77.9 cm³/mol. The summed E-state index contributed by atoms with van der Waals surface area (Å²) >= 11 is 6.97. The summed E-state index contributed by atoms with van der Waals surface area (Å²) in [6.45, 7) is 0. The van der Waals surface area contributed by atoms with Crippen molar-refractivity contribution in [3.05, 3.63) is 45.3 Å². The number of oxazole rings is 1. The van der Waals surface area contributed by atoms with Gasteiger partial charge in [0.15, 0.2) is 5.58 Å². The van der Waals surface area contributed by atoms with E-state index < -0.39 is 0 Å². The van der Waals surface area contributed by atoms with Crippen LogP contribution < -0.4 is 0 Å². The summed E-state index contributed by atoms with van der Waals surface area (Å²) in [6.07, 6.45) is 0. The summed E-state index contributed by atoms with van der Waals surface area (Å²) in [6, 6.07) is 11.9. The number of hydrogen-bond donors (Lipinski definition) is 0. The minimum Gasteiger partial charge on any atom is -0.423 e. The molecule has 0 bridgehead atoms. The fraction of sp³-hybridized carbons (Fsp3) is 0. The standard InChI is InChI=1S/C13H6Br2N2O/c14-7-1-3-9-10(5-7)17-11-6-8(15)2-4-12(11)18-13(17)16-9/h1-6H. The summed E-state index contributed by atoms with van der Waals surface area (Å²) in [5.41, 5.74) is 3.82. The van der Waals surface area contributed by atoms with Gasteiger partial charge in [0, 0.05) is 8.95 Å². The second-order valence-corrected chi connectivity index (χ2v) is 5.91. The molecule has 0 atom stereocenters. The fourth-order valence-corrected chi connectivity index (χ4v) is 2.88. The molecule has 0 saturated carbocycles. The predicted octanol–water partition coefficient (Wildman–Crippen LogP) is 4.76. The molecule has 0 aliphatic heterocycles. The van der Waals surface area contributed by atoms with E-state index in [9.17, 15) is 0 Å². The maximum atomic E-state index is 5.75. The second-order valence-electron chi connectivity index (χ2n) is 4.08. The van der Waals surface area contributed by atoms with Gasteiger partial charge < -0.3 is 4.42 Å². The molecular formula is C13H6Br2N2O. The molecule has 2 aromatic heterocycles. The van der Waals surface area contributed by atoms with E-state index in [1.54, 1.807) is 0 Å². The van der Waals surface area contributed by atoms with Gasteiger partial charge in [-0.2, -0.15) is 4.98 Å². The Kier molecular flexibility index (Phi) is 2.11. The van der Waals surface area contributed by atoms with Crippen LogP contribution in [0.15, 0.2) is 49.8 Å². The van der Waals surface area contributed by atoms with Crippen molar-refractivity contribution >= 4 is 59.8 Å². The van der Waals surface area contributed by atoms with Gasteiger partial charge in [-0.15, -0.1) is 0 Å². The molecule has 0 fully saturated rings. The molecule has 0 N–H and O–H groups in total. The van der Waals surface area contributed by atoms with Crippen LogP contribution in [0.1, 0.15) is 0 Å². The second kappa shape index (κ2) is 3.59. The van der Waals surface area contributed by atoms with Crippen LogP contribution in [0.3, 0.4) is 0 Å². The van der Waals surface area contributed by atoms with Crippen molar-refractivity contribution in [2.45, 2.75) is 0 Å².